The first-order valence-electron chi connectivity index (χ1n) is 6.19. The third kappa shape index (κ3) is 2.56. The van der Waals surface area contributed by atoms with E-state index in [0.717, 1.165) is 0 Å². The Bertz CT molecular complexity index is 885. The Morgan fingerprint density at radius 1 is 1.00 bits per heavy atom. The number of rotatable bonds is 2. The van der Waals surface area contributed by atoms with E-state index in [4.69, 9.17) is 5.26 Å². The van der Waals surface area contributed by atoms with E-state index >= 15 is 0 Å². The second kappa shape index (κ2) is 5.79. The molecule has 0 aliphatic carbocycles. The third-order valence-corrected chi connectivity index (χ3v) is 3.36. The number of benzene rings is 1. The van der Waals surface area contributed by atoms with E-state index in [1.165, 1.54) is 13.8 Å². The summed E-state index contributed by atoms with van der Waals surface area (Å²) in [6.07, 6.45) is 0. The van der Waals surface area contributed by atoms with Crippen molar-refractivity contribution in [3.05, 3.63) is 61.8 Å². The lowest BCUT2D eigenvalue weighted by molar-refractivity contribution is 0.366. The van der Waals surface area contributed by atoms with Crippen LogP contribution in [-0.2, 0) is 6.54 Å². The summed E-state index contributed by atoms with van der Waals surface area (Å²) in [6.45, 7) is 1.89. The molecule has 0 aliphatic heterocycles. The van der Waals surface area contributed by atoms with Crippen LogP contribution >= 0.6 is 0 Å². The average Bonchev–Trinajstić information content (AvgIpc) is 2.53. The summed E-state index contributed by atoms with van der Waals surface area (Å²) >= 11 is 0. The average molecular weight is 329 g/mol. The van der Waals surface area contributed by atoms with Crippen LogP contribution in [0.3, 0.4) is 0 Å². The monoisotopic (exact) mass is 329 g/mol. The van der Waals surface area contributed by atoms with Gasteiger partial charge in [0.2, 0.25) is 5.82 Å². The number of nitriles is 1. The maximum absolute atomic E-state index is 13.7. The standard InChI is InChI=1S/C14H8F5N3O/c1-5-6(2)21-22(14(23)7(5)3-20)4-8-9(15)11(17)13(19)12(18)10(8)16/h4H2,1-2H3. The van der Waals surface area contributed by atoms with E-state index in [2.05, 4.69) is 5.10 Å². The molecule has 0 atom stereocenters. The van der Waals surface area contributed by atoms with Crippen LogP contribution in [0.4, 0.5) is 22.0 Å². The van der Waals surface area contributed by atoms with Crippen molar-refractivity contribution in [2.24, 2.45) is 0 Å². The van der Waals surface area contributed by atoms with Gasteiger partial charge in [-0.3, -0.25) is 4.79 Å². The molecule has 0 radical (unpaired) electrons. The summed E-state index contributed by atoms with van der Waals surface area (Å²) in [5.74, 6) is -10.6. The van der Waals surface area contributed by atoms with E-state index in [1.54, 1.807) is 6.07 Å². The van der Waals surface area contributed by atoms with Crippen LogP contribution in [0.5, 0.6) is 0 Å². The number of halogens is 5. The molecule has 2 rings (SSSR count). The first kappa shape index (κ1) is 16.6. The van der Waals surface area contributed by atoms with Gasteiger partial charge in [-0.25, -0.2) is 26.6 Å². The molecule has 0 saturated carbocycles. The van der Waals surface area contributed by atoms with Gasteiger partial charge < -0.3 is 0 Å². The Morgan fingerprint density at radius 2 is 1.48 bits per heavy atom. The molecule has 120 valence electrons. The molecule has 0 aliphatic rings. The highest BCUT2D eigenvalue weighted by Gasteiger charge is 2.26. The van der Waals surface area contributed by atoms with E-state index < -0.39 is 46.8 Å². The first-order chi connectivity index (χ1) is 10.7. The largest absolute Gasteiger partial charge is 0.285 e. The smallest absolute Gasteiger partial charge is 0.266 e. The SMILES string of the molecule is Cc1nn(Cc2c(F)c(F)c(F)c(F)c2F)c(=O)c(C#N)c1C. The summed E-state index contributed by atoms with van der Waals surface area (Å²) in [7, 11) is 0. The van der Waals surface area contributed by atoms with Crippen LogP contribution in [0.25, 0.3) is 0 Å². The molecular weight excluding hydrogens is 321 g/mol. The molecule has 9 heteroatoms. The molecule has 0 saturated heterocycles. The Labute approximate surface area is 126 Å². The van der Waals surface area contributed by atoms with Gasteiger partial charge in [0.15, 0.2) is 23.3 Å². The van der Waals surface area contributed by atoms with Gasteiger partial charge in [0.25, 0.3) is 5.56 Å². The maximum atomic E-state index is 13.7. The Kier molecular flexibility index (Phi) is 4.18. The van der Waals surface area contributed by atoms with Crippen LogP contribution in [-0.4, -0.2) is 9.78 Å². The minimum Gasteiger partial charge on any atom is -0.266 e. The third-order valence-electron chi connectivity index (χ3n) is 3.36. The van der Waals surface area contributed by atoms with Crippen molar-refractivity contribution >= 4 is 0 Å². The predicted molar refractivity (Wildman–Crippen MR) is 68.0 cm³/mol. The lowest BCUT2D eigenvalue weighted by Gasteiger charge is -2.11. The fourth-order valence-corrected chi connectivity index (χ4v) is 1.95. The van der Waals surface area contributed by atoms with Gasteiger partial charge >= 0.3 is 0 Å². The van der Waals surface area contributed by atoms with Gasteiger partial charge in [-0.1, -0.05) is 0 Å². The molecule has 23 heavy (non-hydrogen) atoms. The Hall–Kier alpha value is -2.76. The molecule has 4 nitrogen and oxygen atoms in total. The fourth-order valence-electron chi connectivity index (χ4n) is 1.95. The predicted octanol–water partition coefficient (Wildman–Crippen LogP) is 2.48. The molecule has 0 N–H and O–H groups in total. The van der Waals surface area contributed by atoms with Gasteiger partial charge in [-0.15, -0.1) is 0 Å². The lowest BCUT2D eigenvalue weighted by atomic mass is 10.1. The van der Waals surface area contributed by atoms with Crippen molar-refractivity contribution in [2.75, 3.05) is 0 Å². The number of aryl methyl sites for hydroxylation is 1. The zero-order chi connectivity index (χ0) is 17.5. The highest BCUT2D eigenvalue weighted by molar-refractivity contribution is 5.36. The van der Waals surface area contributed by atoms with Gasteiger partial charge in [0.1, 0.15) is 11.6 Å². The topological polar surface area (TPSA) is 58.7 Å². The normalized spacial score (nSPS) is 10.7. The second-order valence-corrected chi connectivity index (χ2v) is 4.71. The number of hydrogen-bond donors (Lipinski definition) is 0. The van der Waals surface area contributed by atoms with Crippen molar-refractivity contribution in [3.8, 4) is 6.07 Å². The molecule has 0 amide bonds. The van der Waals surface area contributed by atoms with Crippen LogP contribution in [0.1, 0.15) is 22.4 Å². The highest BCUT2D eigenvalue weighted by Crippen LogP contribution is 2.23. The van der Waals surface area contributed by atoms with Gasteiger partial charge in [0.05, 0.1) is 17.8 Å². The van der Waals surface area contributed by atoms with E-state index in [1.807, 2.05) is 0 Å². The van der Waals surface area contributed by atoms with Gasteiger partial charge in [-0.2, -0.15) is 10.4 Å². The molecule has 1 aromatic carbocycles. The molecular formula is C14H8F5N3O. The molecule has 1 aromatic heterocycles. The molecule has 0 fully saturated rings. The van der Waals surface area contributed by atoms with E-state index in [-0.39, 0.29) is 16.8 Å². The van der Waals surface area contributed by atoms with Crippen molar-refractivity contribution < 1.29 is 22.0 Å². The molecule has 0 bridgehead atoms. The summed E-state index contributed by atoms with van der Waals surface area (Å²) in [4.78, 5) is 12.0. The number of hydrogen-bond acceptors (Lipinski definition) is 3. The summed E-state index contributed by atoms with van der Waals surface area (Å²) in [5.41, 5.74) is -2.03. The van der Waals surface area contributed by atoms with Crippen LogP contribution in [0.15, 0.2) is 4.79 Å². The van der Waals surface area contributed by atoms with Crippen LogP contribution in [0.2, 0.25) is 0 Å². The second-order valence-electron chi connectivity index (χ2n) is 4.71. The highest BCUT2D eigenvalue weighted by atomic mass is 19.2. The Morgan fingerprint density at radius 3 is 1.96 bits per heavy atom. The molecule has 0 unspecified atom stereocenters. The summed E-state index contributed by atoms with van der Waals surface area (Å²) in [5, 5.41) is 12.7. The summed E-state index contributed by atoms with van der Waals surface area (Å²) in [6, 6.07) is 1.62. The van der Waals surface area contributed by atoms with Crippen LogP contribution in [0, 0.1) is 54.3 Å². The quantitative estimate of drug-likeness (QED) is 0.483. The summed E-state index contributed by atoms with van der Waals surface area (Å²) < 4.78 is 67.1. The van der Waals surface area contributed by atoms with Gasteiger partial charge in [-0.05, 0) is 19.4 Å². The molecule has 0 spiro atoms. The van der Waals surface area contributed by atoms with E-state index in [9.17, 15) is 26.7 Å². The van der Waals surface area contributed by atoms with Crippen molar-refractivity contribution in [1.82, 2.24) is 9.78 Å². The van der Waals surface area contributed by atoms with Gasteiger partial charge in [0, 0.05) is 0 Å². The van der Waals surface area contributed by atoms with Crippen molar-refractivity contribution in [1.29, 1.82) is 5.26 Å². The minimum atomic E-state index is -2.29. The Balaban J connectivity index is 2.69. The van der Waals surface area contributed by atoms with Crippen molar-refractivity contribution in [3.63, 3.8) is 0 Å². The molecule has 1 heterocycles. The minimum absolute atomic E-state index is 0.213. The number of nitrogens with zero attached hydrogens (tertiary/aromatic N) is 3. The zero-order valence-corrected chi connectivity index (χ0v) is 11.8. The zero-order valence-electron chi connectivity index (χ0n) is 11.8. The first-order valence-corrected chi connectivity index (χ1v) is 6.19. The van der Waals surface area contributed by atoms with Crippen molar-refractivity contribution in [2.45, 2.75) is 20.4 Å². The fraction of sp³-hybridized carbons (Fsp3) is 0.214. The lowest BCUT2D eigenvalue weighted by Crippen LogP contribution is -2.29. The van der Waals surface area contributed by atoms with Crippen LogP contribution < -0.4 is 5.56 Å². The number of aromatic nitrogens is 2. The molecule has 2 aromatic rings. The maximum Gasteiger partial charge on any atom is 0.285 e. The van der Waals surface area contributed by atoms with E-state index in [0.29, 0.717) is 4.68 Å².